The second-order valence-corrected chi connectivity index (χ2v) is 5.35. The van der Waals surface area contributed by atoms with Crippen molar-refractivity contribution in [3.8, 4) is 0 Å². The summed E-state index contributed by atoms with van der Waals surface area (Å²) in [6.07, 6.45) is 1.43. The first-order valence-electron chi connectivity index (χ1n) is 4.53. The summed E-state index contributed by atoms with van der Waals surface area (Å²) >= 11 is 8.64. The first-order valence-corrected chi connectivity index (χ1v) is 6.67. The molecule has 6 heteroatoms. The van der Waals surface area contributed by atoms with E-state index in [4.69, 9.17) is 11.6 Å². The third kappa shape index (κ3) is 4.55. The fourth-order valence-electron chi connectivity index (χ4n) is 1.21. The second-order valence-electron chi connectivity index (χ2n) is 3.07. The van der Waals surface area contributed by atoms with Crippen molar-refractivity contribution in [3.05, 3.63) is 28.2 Å². The zero-order valence-electron chi connectivity index (χ0n) is 8.15. The molecule has 0 aliphatic heterocycles. The summed E-state index contributed by atoms with van der Waals surface area (Å²) < 4.78 is 37.2. The van der Waals surface area contributed by atoms with E-state index in [-0.39, 0.29) is 16.7 Å². The van der Waals surface area contributed by atoms with Crippen LogP contribution in [0.2, 0.25) is 0 Å². The molecular weight excluding hydrogens is 325 g/mol. The van der Waals surface area contributed by atoms with E-state index in [2.05, 4.69) is 15.9 Å². The molecule has 0 N–H and O–H groups in total. The van der Waals surface area contributed by atoms with Crippen LogP contribution >= 0.6 is 39.3 Å². The Balaban J connectivity index is 2.86. The number of hydrogen-bond acceptors (Lipinski definition) is 1. The highest BCUT2D eigenvalue weighted by Crippen LogP contribution is 2.41. The molecule has 0 atom stereocenters. The van der Waals surface area contributed by atoms with Crippen LogP contribution in [0.5, 0.6) is 0 Å². The zero-order valence-corrected chi connectivity index (χ0v) is 11.3. The molecule has 0 amide bonds. The summed E-state index contributed by atoms with van der Waals surface area (Å²) in [4.78, 5) is 0.194. The van der Waals surface area contributed by atoms with Gasteiger partial charge in [0, 0.05) is 15.2 Å². The van der Waals surface area contributed by atoms with Crippen LogP contribution in [0.25, 0.3) is 0 Å². The molecule has 0 fully saturated rings. The van der Waals surface area contributed by atoms with Gasteiger partial charge in [0.1, 0.15) is 0 Å². The zero-order chi connectivity index (χ0) is 12.2. The quantitative estimate of drug-likeness (QED) is 0.537. The summed E-state index contributed by atoms with van der Waals surface area (Å²) in [5, 5.41) is 0. The minimum atomic E-state index is -4.26. The van der Waals surface area contributed by atoms with Gasteiger partial charge in [-0.2, -0.15) is 13.2 Å². The predicted molar refractivity (Wildman–Crippen MR) is 65.1 cm³/mol. The van der Waals surface area contributed by atoms with Crippen molar-refractivity contribution in [1.29, 1.82) is 0 Å². The SMILES string of the molecule is FC(F)(F)Sc1cccc(CCCCl)c1Br. The molecule has 0 nitrogen and oxygen atoms in total. The molecule has 0 unspecified atom stereocenters. The van der Waals surface area contributed by atoms with Crippen molar-refractivity contribution < 1.29 is 13.2 Å². The predicted octanol–water partition coefficient (Wildman–Crippen LogP) is 5.23. The van der Waals surface area contributed by atoms with E-state index in [0.29, 0.717) is 16.8 Å². The smallest absolute Gasteiger partial charge is 0.160 e. The fraction of sp³-hybridized carbons (Fsp3) is 0.400. The van der Waals surface area contributed by atoms with Gasteiger partial charge in [0.15, 0.2) is 0 Å². The lowest BCUT2D eigenvalue weighted by molar-refractivity contribution is -0.0328. The largest absolute Gasteiger partial charge is 0.446 e. The molecule has 0 spiro atoms. The summed E-state index contributed by atoms with van der Waals surface area (Å²) in [5.41, 5.74) is -3.40. The molecule has 0 aliphatic rings. The minimum absolute atomic E-state index is 0.105. The number of rotatable bonds is 4. The van der Waals surface area contributed by atoms with Gasteiger partial charge in [-0.3, -0.25) is 0 Å². The van der Waals surface area contributed by atoms with Crippen molar-refractivity contribution >= 4 is 39.3 Å². The highest BCUT2D eigenvalue weighted by atomic mass is 79.9. The molecule has 0 saturated heterocycles. The summed E-state index contributed by atoms with van der Waals surface area (Å²) in [6, 6.07) is 4.88. The van der Waals surface area contributed by atoms with Crippen molar-refractivity contribution in [2.75, 3.05) is 5.88 Å². The van der Waals surface area contributed by atoms with Crippen LogP contribution in [0.1, 0.15) is 12.0 Å². The van der Waals surface area contributed by atoms with Gasteiger partial charge in [0.05, 0.1) is 0 Å². The maximum Gasteiger partial charge on any atom is 0.446 e. The summed E-state index contributed by atoms with van der Waals surface area (Å²) in [5.74, 6) is 0.503. The fourth-order valence-corrected chi connectivity index (χ4v) is 2.67. The molecule has 1 aromatic rings. The number of halogens is 5. The van der Waals surface area contributed by atoms with Crippen LogP contribution < -0.4 is 0 Å². The average Bonchev–Trinajstić information content (AvgIpc) is 2.17. The van der Waals surface area contributed by atoms with Crippen LogP contribution in [0.4, 0.5) is 13.2 Å². The Morgan fingerprint density at radius 2 is 2.00 bits per heavy atom. The molecule has 0 saturated carbocycles. The maximum atomic E-state index is 12.2. The van der Waals surface area contributed by atoms with Gasteiger partial charge >= 0.3 is 5.51 Å². The van der Waals surface area contributed by atoms with Gasteiger partial charge in [-0.1, -0.05) is 12.1 Å². The molecule has 0 radical (unpaired) electrons. The maximum absolute atomic E-state index is 12.2. The molecule has 1 aromatic carbocycles. The van der Waals surface area contributed by atoms with E-state index >= 15 is 0 Å². The molecule has 16 heavy (non-hydrogen) atoms. The normalized spacial score (nSPS) is 11.8. The number of benzene rings is 1. The number of hydrogen-bond donors (Lipinski definition) is 0. The lowest BCUT2D eigenvalue weighted by Gasteiger charge is -2.10. The summed E-state index contributed by atoms with van der Waals surface area (Å²) in [6.45, 7) is 0. The third-order valence-corrected chi connectivity index (χ3v) is 4.11. The van der Waals surface area contributed by atoms with Gasteiger partial charge in [-0.15, -0.1) is 11.6 Å². The van der Waals surface area contributed by atoms with Gasteiger partial charge in [0.25, 0.3) is 0 Å². The second kappa shape index (κ2) is 6.17. The highest BCUT2D eigenvalue weighted by molar-refractivity contribution is 9.10. The molecule has 0 aliphatic carbocycles. The van der Waals surface area contributed by atoms with Crippen molar-refractivity contribution in [2.45, 2.75) is 23.2 Å². The average molecular weight is 334 g/mol. The van der Waals surface area contributed by atoms with E-state index in [1.807, 2.05) is 0 Å². The lowest BCUT2D eigenvalue weighted by Crippen LogP contribution is -2.00. The van der Waals surface area contributed by atoms with E-state index in [1.54, 1.807) is 12.1 Å². The molecule has 0 heterocycles. The number of thioether (sulfide) groups is 1. The Bertz CT molecular complexity index is 354. The van der Waals surface area contributed by atoms with E-state index in [0.717, 1.165) is 12.0 Å². The van der Waals surface area contributed by atoms with Crippen LogP contribution in [0.15, 0.2) is 27.6 Å². The van der Waals surface area contributed by atoms with Gasteiger partial charge < -0.3 is 0 Å². The van der Waals surface area contributed by atoms with E-state index in [1.165, 1.54) is 6.07 Å². The first kappa shape index (κ1) is 14.2. The summed E-state index contributed by atoms with van der Waals surface area (Å²) in [7, 11) is 0. The number of alkyl halides is 4. The molecule has 1 rings (SSSR count). The van der Waals surface area contributed by atoms with Crippen LogP contribution in [-0.4, -0.2) is 11.4 Å². The molecular formula is C10H9BrClF3S. The standard InChI is InChI=1S/C10H9BrClF3S/c11-9-7(4-2-6-12)3-1-5-8(9)16-10(13,14)15/h1,3,5H,2,4,6H2. The topological polar surface area (TPSA) is 0 Å². The Morgan fingerprint density at radius 1 is 1.31 bits per heavy atom. The Kier molecular flexibility index (Phi) is 5.47. The van der Waals surface area contributed by atoms with E-state index in [9.17, 15) is 13.2 Å². The van der Waals surface area contributed by atoms with Crippen LogP contribution in [0, 0.1) is 0 Å². The van der Waals surface area contributed by atoms with Crippen molar-refractivity contribution in [2.24, 2.45) is 0 Å². The van der Waals surface area contributed by atoms with Gasteiger partial charge in [-0.25, -0.2) is 0 Å². The Morgan fingerprint density at radius 3 is 2.56 bits per heavy atom. The van der Waals surface area contributed by atoms with Crippen LogP contribution in [0.3, 0.4) is 0 Å². The highest BCUT2D eigenvalue weighted by Gasteiger charge is 2.30. The third-order valence-electron chi connectivity index (χ3n) is 1.85. The Hall–Kier alpha value is 0.130. The molecule has 90 valence electrons. The molecule has 0 aromatic heterocycles. The number of aryl methyl sites for hydroxylation is 1. The van der Waals surface area contributed by atoms with Gasteiger partial charge in [-0.05, 0) is 52.2 Å². The van der Waals surface area contributed by atoms with Crippen molar-refractivity contribution in [3.63, 3.8) is 0 Å². The van der Waals surface area contributed by atoms with Gasteiger partial charge in [0.2, 0.25) is 0 Å². The van der Waals surface area contributed by atoms with Crippen LogP contribution in [-0.2, 0) is 6.42 Å². The lowest BCUT2D eigenvalue weighted by atomic mass is 10.1. The minimum Gasteiger partial charge on any atom is -0.160 e. The van der Waals surface area contributed by atoms with Crippen molar-refractivity contribution in [1.82, 2.24) is 0 Å². The van der Waals surface area contributed by atoms with E-state index < -0.39 is 5.51 Å². The molecule has 0 bridgehead atoms. The first-order chi connectivity index (χ1) is 7.44. The monoisotopic (exact) mass is 332 g/mol. The Labute approximate surface area is 110 Å².